The summed E-state index contributed by atoms with van der Waals surface area (Å²) >= 11 is 5.41. The summed E-state index contributed by atoms with van der Waals surface area (Å²) in [5, 5.41) is 29.4. The van der Waals surface area contributed by atoms with Gasteiger partial charge in [0.1, 0.15) is 11.7 Å². The molecule has 2 aliphatic rings. The predicted molar refractivity (Wildman–Crippen MR) is 105 cm³/mol. The van der Waals surface area contributed by atoms with Crippen molar-refractivity contribution in [3.8, 4) is 0 Å². The van der Waals surface area contributed by atoms with Crippen LogP contribution in [0.3, 0.4) is 0 Å². The number of aliphatic hydroxyl groups excluding tert-OH is 1. The van der Waals surface area contributed by atoms with Gasteiger partial charge in [0.15, 0.2) is 5.11 Å². The Morgan fingerprint density at radius 2 is 1.69 bits per heavy atom. The van der Waals surface area contributed by atoms with Gasteiger partial charge in [0, 0.05) is 0 Å². The molecule has 1 heterocycles. The SMILES string of the molecule is OC(C1=C2NC(=S)NC(c3ccccc3)C2(O)CCC1)c1ccccc1. The van der Waals surface area contributed by atoms with E-state index in [1.165, 1.54) is 0 Å². The average Bonchev–Trinajstić information content (AvgIpc) is 2.68. The number of aliphatic hydroxyl groups is 2. The molecular formula is C21H22N2O2S. The lowest BCUT2D eigenvalue weighted by Crippen LogP contribution is -2.60. The van der Waals surface area contributed by atoms with Crippen LogP contribution in [0.1, 0.15) is 42.5 Å². The van der Waals surface area contributed by atoms with E-state index in [0.29, 0.717) is 17.2 Å². The largest absolute Gasteiger partial charge is 0.384 e. The molecule has 0 amide bonds. The van der Waals surface area contributed by atoms with Crippen LogP contribution in [-0.2, 0) is 0 Å². The number of hydrogen-bond donors (Lipinski definition) is 4. The first-order valence-corrected chi connectivity index (χ1v) is 9.32. The fraction of sp³-hybridized carbons (Fsp3) is 0.286. The second kappa shape index (κ2) is 6.83. The van der Waals surface area contributed by atoms with Gasteiger partial charge in [-0.3, -0.25) is 0 Å². The smallest absolute Gasteiger partial charge is 0.171 e. The number of thiocarbonyl (C=S) groups is 1. The van der Waals surface area contributed by atoms with Crippen LogP contribution in [0.25, 0.3) is 0 Å². The Balaban J connectivity index is 1.80. The first-order chi connectivity index (χ1) is 12.6. The van der Waals surface area contributed by atoms with E-state index in [2.05, 4.69) is 10.6 Å². The summed E-state index contributed by atoms with van der Waals surface area (Å²) in [6.45, 7) is 0. The number of fused-ring (bicyclic) bond motifs is 1. The van der Waals surface area contributed by atoms with Gasteiger partial charge in [-0.05, 0) is 48.2 Å². The van der Waals surface area contributed by atoms with Gasteiger partial charge < -0.3 is 20.8 Å². The molecule has 1 aliphatic heterocycles. The lowest BCUT2D eigenvalue weighted by atomic mass is 9.73. The third-order valence-corrected chi connectivity index (χ3v) is 5.55. The van der Waals surface area contributed by atoms with Crippen LogP contribution >= 0.6 is 12.2 Å². The molecule has 134 valence electrons. The summed E-state index contributed by atoms with van der Waals surface area (Å²) in [6.07, 6.45) is 1.38. The molecule has 0 radical (unpaired) electrons. The minimum atomic E-state index is -1.13. The zero-order valence-electron chi connectivity index (χ0n) is 14.4. The molecule has 1 saturated heterocycles. The maximum Gasteiger partial charge on any atom is 0.171 e. The van der Waals surface area contributed by atoms with Gasteiger partial charge in [0.2, 0.25) is 0 Å². The van der Waals surface area contributed by atoms with Crippen molar-refractivity contribution in [2.24, 2.45) is 0 Å². The number of nitrogens with one attached hydrogen (secondary N) is 2. The van der Waals surface area contributed by atoms with E-state index < -0.39 is 11.7 Å². The summed E-state index contributed by atoms with van der Waals surface area (Å²) < 4.78 is 0. The van der Waals surface area contributed by atoms with E-state index in [4.69, 9.17) is 12.2 Å². The Morgan fingerprint density at radius 1 is 1.04 bits per heavy atom. The molecule has 5 heteroatoms. The van der Waals surface area contributed by atoms with Crippen LogP contribution in [0.5, 0.6) is 0 Å². The molecule has 0 aromatic heterocycles. The molecule has 1 aliphatic carbocycles. The van der Waals surface area contributed by atoms with Gasteiger partial charge in [-0.1, -0.05) is 60.7 Å². The first kappa shape index (κ1) is 17.2. The summed E-state index contributed by atoms with van der Waals surface area (Å²) in [7, 11) is 0. The Bertz CT molecular complexity index is 838. The number of rotatable bonds is 3. The zero-order chi connectivity index (χ0) is 18.1. The predicted octanol–water partition coefficient (Wildman–Crippen LogP) is 3.11. The second-order valence-electron chi connectivity index (χ2n) is 6.93. The Kier molecular flexibility index (Phi) is 4.53. The van der Waals surface area contributed by atoms with Crippen molar-refractivity contribution in [2.45, 2.75) is 37.0 Å². The van der Waals surface area contributed by atoms with Gasteiger partial charge in [-0.2, -0.15) is 0 Å². The highest BCUT2D eigenvalue weighted by Gasteiger charge is 2.48. The van der Waals surface area contributed by atoms with E-state index in [1.54, 1.807) is 0 Å². The van der Waals surface area contributed by atoms with Crippen LogP contribution in [0.15, 0.2) is 71.9 Å². The number of benzene rings is 2. The summed E-state index contributed by atoms with van der Waals surface area (Å²) in [5.41, 5.74) is 2.13. The molecule has 0 saturated carbocycles. The van der Waals surface area contributed by atoms with Crippen LogP contribution in [-0.4, -0.2) is 20.9 Å². The Labute approximate surface area is 158 Å². The Hall–Kier alpha value is -2.21. The maximum atomic E-state index is 11.6. The minimum absolute atomic E-state index is 0.342. The third-order valence-electron chi connectivity index (χ3n) is 5.33. The van der Waals surface area contributed by atoms with Gasteiger partial charge in [0.25, 0.3) is 0 Å². The normalized spacial score (nSPS) is 26.5. The average molecular weight is 366 g/mol. The van der Waals surface area contributed by atoms with Crippen molar-refractivity contribution in [3.63, 3.8) is 0 Å². The first-order valence-electron chi connectivity index (χ1n) is 8.91. The molecular weight excluding hydrogens is 344 g/mol. The highest BCUT2D eigenvalue weighted by Crippen LogP contribution is 2.45. The minimum Gasteiger partial charge on any atom is -0.384 e. The van der Waals surface area contributed by atoms with Crippen LogP contribution < -0.4 is 10.6 Å². The quantitative estimate of drug-likeness (QED) is 0.629. The summed E-state index contributed by atoms with van der Waals surface area (Å²) in [6, 6.07) is 19.0. The molecule has 4 rings (SSSR count). The van der Waals surface area contributed by atoms with Gasteiger partial charge >= 0.3 is 0 Å². The lowest BCUT2D eigenvalue weighted by molar-refractivity contribution is 0.0112. The molecule has 0 spiro atoms. The van der Waals surface area contributed by atoms with Crippen LogP contribution in [0.4, 0.5) is 0 Å². The molecule has 0 bridgehead atoms. The van der Waals surface area contributed by atoms with E-state index in [1.807, 2.05) is 60.7 Å². The van der Waals surface area contributed by atoms with Crippen molar-refractivity contribution < 1.29 is 10.2 Å². The van der Waals surface area contributed by atoms with E-state index in [0.717, 1.165) is 29.5 Å². The Morgan fingerprint density at radius 3 is 2.38 bits per heavy atom. The molecule has 2 aromatic rings. The monoisotopic (exact) mass is 366 g/mol. The van der Waals surface area contributed by atoms with Gasteiger partial charge in [0.05, 0.1) is 11.7 Å². The second-order valence-corrected chi connectivity index (χ2v) is 7.34. The standard InChI is InChI=1S/C21H22N2O2S/c24-17(14-8-3-1-4-9-14)16-12-7-13-21(25)18(15-10-5-2-6-11-15)22-20(26)23-19(16)21/h1-6,8-11,17-18,24-25H,7,12-13H2,(H2,22,23,26). The van der Waals surface area contributed by atoms with Crippen LogP contribution in [0.2, 0.25) is 0 Å². The molecule has 2 aromatic carbocycles. The lowest BCUT2D eigenvalue weighted by Gasteiger charge is -2.47. The molecule has 1 fully saturated rings. The van der Waals surface area contributed by atoms with Crippen molar-refractivity contribution >= 4 is 17.3 Å². The highest BCUT2D eigenvalue weighted by atomic mass is 32.1. The molecule has 26 heavy (non-hydrogen) atoms. The molecule has 3 unspecified atom stereocenters. The van der Waals surface area contributed by atoms with Crippen molar-refractivity contribution in [2.75, 3.05) is 0 Å². The summed E-state index contributed by atoms with van der Waals surface area (Å²) in [5.74, 6) is 0. The highest BCUT2D eigenvalue weighted by molar-refractivity contribution is 7.80. The third kappa shape index (κ3) is 2.92. The summed E-state index contributed by atoms with van der Waals surface area (Å²) in [4.78, 5) is 0. The van der Waals surface area contributed by atoms with Crippen molar-refractivity contribution in [1.82, 2.24) is 10.6 Å². The number of hydrogen-bond acceptors (Lipinski definition) is 3. The van der Waals surface area contributed by atoms with Gasteiger partial charge in [-0.25, -0.2) is 0 Å². The fourth-order valence-corrected chi connectivity index (χ4v) is 4.29. The zero-order valence-corrected chi connectivity index (χ0v) is 15.2. The topological polar surface area (TPSA) is 64.5 Å². The molecule has 3 atom stereocenters. The fourth-order valence-electron chi connectivity index (χ4n) is 4.07. The maximum absolute atomic E-state index is 11.6. The van der Waals surface area contributed by atoms with E-state index in [9.17, 15) is 10.2 Å². The van der Waals surface area contributed by atoms with Gasteiger partial charge in [-0.15, -0.1) is 0 Å². The van der Waals surface area contributed by atoms with Crippen molar-refractivity contribution in [1.29, 1.82) is 0 Å². The van der Waals surface area contributed by atoms with E-state index >= 15 is 0 Å². The van der Waals surface area contributed by atoms with Crippen LogP contribution in [0, 0.1) is 0 Å². The molecule has 4 nitrogen and oxygen atoms in total. The van der Waals surface area contributed by atoms with E-state index in [-0.39, 0.29) is 6.04 Å². The van der Waals surface area contributed by atoms with Crippen molar-refractivity contribution in [3.05, 3.63) is 83.1 Å². The molecule has 4 N–H and O–H groups in total.